The molecule has 0 saturated heterocycles. The van der Waals surface area contributed by atoms with Gasteiger partial charge in [-0.2, -0.15) is 0 Å². The fraction of sp³-hybridized carbons (Fsp3) is 0.0789. The third-order valence-corrected chi connectivity index (χ3v) is 20.8. The predicted molar refractivity (Wildman–Crippen MR) is 347 cm³/mol. The molecular formula is C76H60Si2. The third kappa shape index (κ3) is 8.44. The van der Waals surface area contributed by atoms with E-state index in [4.69, 9.17) is 0 Å². The fourth-order valence-corrected chi connectivity index (χ4v) is 14.7. The highest BCUT2D eigenvalue weighted by atomic mass is 28.3. The molecule has 0 aliphatic carbocycles. The Kier molecular flexibility index (Phi) is 11.3. The normalized spacial score (nSPS) is 12.2. The average molecular weight is 1030 g/mol. The highest BCUT2D eigenvalue weighted by molar-refractivity contribution is 6.91. The third-order valence-electron chi connectivity index (χ3n) is 16.7. The van der Waals surface area contributed by atoms with Crippen LogP contribution >= 0.6 is 0 Å². The Labute approximate surface area is 460 Å². The highest BCUT2D eigenvalue weighted by Gasteiger charge is 2.26. The number of hydrogen-bond donors (Lipinski definition) is 0. The van der Waals surface area contributed by atoms with Gasteiger partial charge in [-0.05, 0) is 173 Å². The van der Waals surface area contributed by atoms with Gasteiger partial charge >= 0.3 is 0 Å². The molecule has 0 saturated carbocycles. The van der Waals surface area contributed by atoms with Gasteiger partial charge in [0.25, 0.3) is 0 Å². The summed E-state index contributed by atoms with van der Waals surface area (Å²) in [5.74, 6) is 0. The second-order valence-corrected chi connectivity index (χ2v) is 33.9. The first-order valence-electron chi connectivity index (χ1n) is 27.6. The summed E-state index contributed by atoms with van der Waals surface area (Å²) in [5.41, 5.74) is 17.3. The molecule has 0 unspecified atom stereocenters. The summed E-state index contributed by atoms with van der Waals surface area (Å²) in [6, 6.07) is 96.8. The second-order valence-electron chi connectivity index (χ2n) is 23.7. The molecule has 0 radical (unpaired) electrons. The van der Waals surface area contributed by atoms with Crippen molar-refractivity contribution in [3.05, 3.63) is 255 Å². The number of fused-ring (bicyclic) bond motifs is 3. The van der Waals surface area contributed by atoms with E-state index in [0.29, 0.717) is 0 Å². The Balaban J connectivity index is 1.01. The minimum atomic E-state index is -1.72. The van der Waals surface area contributed by atoms with Gasteiger partial charge in [0.05, 0.1) is 16.1 Å². The molecule has 0 aromatic heterocycles. The molecule has 0 amide bonds. The van der Waals surface area contributed by atoms with Crippen molar-refractivity contribution in [1.82, 2.24) is 0 Å². The first kappa shape index (κ1) is 47.8. The van der Waals surface area contributed by atoms with E-state index in [9.17, 15) is 0 Å². The lowest BCUT2D eigenvalue weighted by atomic mass is 9.81. The lowest BCUT2D eigenvalue weighted by Crippen LogP contribution is -2.45. The van der Waals surface area contributed by atoms with Crippen molar-refractivity contribution >= 4 is 91.2 Å². The Bertz CT molecular complexity index is 4470. The maximum atomic E-state index is 2.57. The standard InChI is InChI=1S/C76H60Si2/c1-77(2,3)65-44-64(45-66(46-65)78(4,5)6)74-48-73(57-32-23-54(24-33-57)63-36-27-51-15-9-12-18-60(51)43-63)69-38-37-67-71(55-28-19-52(20-29-55)61-34-25-49-13-7-10-16-58(49)41-61)47-72(68-39-40-70(74)76(69)75(67)68)56-30-21-53(22-31-56)62-35-26-50-14-8-11-17-59(50)42-62/h7-48H,1-6H3. The molecule has 0 heterocycles. The van der Waals surface area contributed by atoms with Crippen molar-refractivity contribution in [2.24, 2.45) is 0 Å². The van der Waals surface area contributed by atoms with Crippen LogP contribution in [0.3, 0.4) is 0 Å². The van der Waals surface area contributed by atoms with Crippen LogP contribution in [0, 0.1) is 0 Å². The van der Waals surface area contributed by atoms with Crippen molar-refractivity contribution in [1.29, 1.82) is 0 Å². The van der Waals surface area contributed by atoms with Crippen LogP contribution < -0.4 is 10.4 Å². The smallest absolute Gasteiger partial charge is 0.0656 e. The quantitative estimate of drug-likeness (QED) is 0.0998. The minimum absolute atomic E-state index is 1.21. The van der Waals surface area contributed by atoms with Gasteiger partial charge in [0.15, 0.2) is 0 Å². The van der Waals surface area contributed by atoms with Gasteiger partial charge < -0.3 is 0 Å². The van der Waals surface area contributed by atoms with Crippen molar-refractivity contribution < 1.29 is 0 Å². The molecule has 78 heavy (non-hydrogen) atoms. The Morgan fingerprint density at radius 1 is 0.192 bits per heavy atom. The van der Waals surface area contributed by atoms with Gasteiger partial charge in [0, 0.05) is 0 Å². The van der Waals surface area contributed by atoms with Crippen LogP contribution in [0.2, 0.25) is 39.3 Å². The molecule has 14 aromatic rings. The summed E-state index contributed by atoms with van der Waals surface area (Å²) >= 11 is 0. The Morgan fingerprint density at radius 3 is 0.744 bits per heavy atom. The molecule has 372 valence electrons. The minimum Gasteiger partial charge on any atom is -0.0656 e. The molecule has 0 fully saturated rings. The fourth-order valence-electron chi connectivity index (χ4n) is 12.2. The maximum absolute atomic E-state index is 2.57. The van der Waals surface area contributed by atoms with Crippen molar-refractivity contribution in [3.8, 4) is 77.9 Å². The average Bonchev–Trinajstić information content (AvgIpc) is 3.63. The number of hydrogen-bond acceptors (Lipinski definition) is 0. The lowest BCUT2D eigenvalue weighted by Gasteiger charge is -2.26. The molecule has 0 nitrogen and oxygen atoms in total. The van der Waals surface area contributed by atoms with Crippen LogP contribution in [0.5, 0.6) is 0 Å². The van der Waals surface area contributed by atoms with Crippen molar-refractivity contribution in [2.45, 2.75) is 39.3 Å². The van der Waals surface area contributed by atoms with E-state index in [-0.39, 0.29) is 0 Å². The van der Waals surface area contributed by atoms with Gasteiger partial charge in [0.2, 0.25) is 0 Å². The van der Waals surface area contributed by atoms with E-state index >= 15 is 0 Å². The van der Waals surface area contributed by atoms with Crippen LogP contribution in [0.4, 0.5) is 0 Å². The topological polar surface area (TPSA) is 0 Å². The zero-order valence-electron chi connectivity index (χ0n) is 45.2. The molecular weight excluding hydrogens is 969 g/mol. The molecule has 2 heteroatoms. The SMILES string of the molecule is C[Si](C)(C)c1cc(-c2cc(-c3ccc(-c4ccc5ccccc5c4)cc3)c3ccc4c(-c5ccc(-c6ccc7ccccc7c6)cc5)cc(-c5ccc(-c6ccc7ccccc7c6)cc5)c5ccc2c3c45)cc([Si](C)(C)C)c1. The highest BCUT2D eigenvalue weighted by Crippen LogP contribution is 2.49. The first-order chi connectivity index (χ1) is 37.9. The molecule has 14 rings (SSSR count). The molecule has 0 spiro atoms. The molecule has 0 aliphatic rings. The van der Waals surface area contributed by atoms with E-state index in [1.165, 1.54) is 153 Å². The largest absolute Gasteiger partial charge is 0.0776 e. The van der Waals surface area contributed by atoms with Gasteiger partial charge in [-0.3, -0.25) is 0 Å². The van der Waals surface area contributed by atoms with Crippen molar-refractivity contribution in [2.75, 3.05) is 0 Å². The van der Waals surface area contributed by atoms with Crippen LogP contribution in [-0.4, -0.2) is 16.1 Å². The molecule has 14 aromatic carbocycles. The summed E-state index contributed by atoms with van der Waals surface area (Å²) in [4.78, 5) is 0. The summed E-state index contributed by atoms with van der Waals surface area (Å²) < 4.78 is 0. The van der Waals surface area contributed by atoms with Gasteiger partial charge in [-0.1, -0.05) is 274 Å². The molecule has 0 N–H and O–H groups in total. The molecule has 0 bridgehead atoms. The molecule has 0 atom stereocenters. The lowest BCUT2D eigenvalue weighted by molar-refractivity contribution is 1.60. The van der Waals surface area contributed by atoms with E-state index in [0.717, 1.165) is 0 Å². The summed E-state index contributed by atoms with van der Waals surface area (Å²) in [5, 5.41) is 18.4. The Morgan fingerprint density at radius 2 is 0.449 bits per heavy atom. The summed E-state index contributed by atoms with van der Waals surface area (Å²) in [7, 11) is -3.43. The zero-order chi connectivity index (χ0) is 52.9. The predicted octanol–water partition coefficient (Wildman–Crippen LogP) is 20.8. The first-order valence-corrected chi connectivity index (χ1v) is 34.6. The summed E-state index contributed by atoms with van der Waals surface area (Å²) in [6.45, 7) is 15.0. The van der Waals surface area contributed by atoms with Crippen LogP contribution in [-0.2, 0) is 0 Å². The van der Waals surface area contributed by atoms with Crippen LogP contribution in [0.25, 0.3) is 143 Å². The van der Waals surface area contributed by atoms with Crippen LogP contribution in [0.15, 0.2) is 255 Å². The summed E-state index contributed by atoms with van der Waals surface area (Å²) in [6.07, 6.45) is 0. The van der Waals surface area contributed by atoms with E-state index < -0.39 is 16.1 Å². The Hall–Kier alpha value is -8.67. The zero-order valence-corrected chi connectivity index (χ0v) is 47.2. The monoisotopic (exact) mass is 1030 g/mol. The number of benzene rings is 14. The van der Waals surface area contributed by atoms with Crippen molar-refractivity contribution in [3.63, 3.8) is 0 Å². The molecule has 0 aliphatic heterocycles. The van der Waals surface area contributed by atoms with E-state index in [1.54, 1.807) is 0 Å². The van der Waals surface area contributed by atoms with Gasteiger partial charge in [0.1, 0.15) is 0 Å². The van der Waals surface area contributed by atoms with E-state index in [2.05, 4.69) is 294 Å². The number of rotatable bonds is 9. The maximum Gasteiger partial charge on any atom is 0.0776 e. The van der Waals surface area contributed by atoms with Gasteiger partial charge in [-0.25, -0.2) is 0 Å². The van der Waals surface area contributed by atoms with E-state index in [1.807, 2.05) is 0 Å². The van der Waals surface area contributed by atoms with Gasteiger partial charge in [-0.15, -0.1) is 0 Å². The van der Waals surface area contributed by atoms with Crippen LogP contribution in [0.1, 0.15) is 0 Å². The second kappa shape index (κ2) is 18.5.